The van der Waals surface area contributed by atoms with Gasteiger partial charge < -0.3 is 9.73 Å². The summed E-state index contributed by atoms with van der Waals surface area (Å²) in [5, 5.41) is 8.10. The number of hydrogen-bond donors (Lipinski definition) is 1. The van der Waals surface area contributed by atoms with Crippen LogP contribution in [0.15, 0.2) is 34.9 Å². The van der Waals surface area contributed by atoms with E-state index in [4.69, 9.17) is 14.5 Å². The SMILES string of the molecule is Cc1cn2nc(-c3ccc4nc(C5CCNCC5)oc4c3)cc(C)c2n1. The topological polar surface area (TPSA) is 68.2 Å². The maximum Gasteiger partial charge on any atom is 0.198 e. The van der Waals surface area contributed by atoms with E-state index < -0.39 is 0 Å². The minimum absolute atomic E-state index is 0.415. The van der Waals surface area contributed by atoms with E-state index in [0.717, 1.165) is 71.1 Å². The zero-order valence-electron chi connectivity index (χ0n) is 15.0. The quantitative estimate of drug-likeness (QED) is 0.600. The Hall–Kier alpha value is -2.73. The van der Waals surface area contributed by atoms with Crippen molar-refractivity contribution in [3.8, 4) is 11.3 Å². The molecule has 1 aliphatic rings. The predicted octanol–water partition coefficient (Wildman–Crippen LogP) is 3.62. The Morgan fingerprint density at radius 2 is 1.96 bits per heavy atom. The third-order valence-electron chi connectivity index (χ3n) is 5.12. The lowest BCUT2D eigenvalue weighted by atomic mass is 9.98. The summed E-state index contributed by atoms with van der Waals surface area (Å²) in [5.41, 5.74) is 6.67. The van der Waals surface area contributed by atoms with Gasteiger partial charge in [0.15, 0.2) is 17.1 Å². The molecule has 0 atom stereocenters. The first-order valence-electron chi connectivity index (χ1n) is 9.12. The van der Waals surface area contributed by atoms with Crippen molar-refractivity contribution in [3.63, 3.8) is 0 Å². The van der Waals surface area contributed by atoms with Gasteiger partial charge in [-0.05, 0) is 63.5 Å². The highest BCUT2D eigenvalue weighted by molar-refractivity contribution is 5.79. The summed E-state index contributed by atoms with van der Waals surface area (Å²) in [6, 6.07) is 8.21. The molecule has 0 aliphatic carbocycles. The minimum Gasteiger partial charge on any atom is -0.440 e. The molecule has 1 aliphatic heterocycles. The number of hydrogen-bond acceptors (Lipinski definition) is 5. The second-order valence-corrected chi connectivity index (χ2v) is 7.12. The van der Waals surface area contributed by atoms with Crippen LogP contribution >= 0.6 is 0 Å². The number of rotatable bonds is 2. The standard InChI is InChI=1S/C20H21N5O/c1-12-9-17(24-25-11-13(2)22-19(12)25)15-3-4-16-18(10-15)26-20(23-16)14-5-7-21-8-6-14/h3-4,9-11,14,21H,5-8H2,1-2H3. The molecule has 26 heavy (non-hydrogen) atoms. The Balaban J connectivity index is 1.56. The van der Waals surface area contributed by atoms with Gasteiger partial charge >= 0.3 is 0 Å². The molecule has 6 heteroatoms. The number of aryl methyl sites for hydroxylation is 2. The van der Waals surface area contributed by atoms with Crippen molar-refractivity contribution >= 4 is 16.7 Å². The maximum atomic E-state index is 6.11. The Kier molecular flexibility index (Phi) is 3.53. The van der Waals surface area contributed by atoms with E-state index in [-0.39, 0.29) is 0 Å². The van der Waals surface area contributed by atoms with Gasteiger partial charge in [0.25, 0.3) is 0 Å². The van der Waals surface area contributed by atoms with Crippen LogP contribution in [0.5, 0.6) is 0 Å². The van der Waals surface area contributed by atoms with Crippen LogP contribution in [-0.2, 0) is 0 Å². The third kappa shape index (κ3) is 2.57. The normalized spacial score (nSPS) is 15.9. The van der Waals surface area contributed by atoms with Crippen LogP contribution in [0.3, 0.4) is 0 Å². The first-order valence-corrected chi connectivity index (χ1v) is 9.12. The van der Waals surface area contributed by atoms with Crippen molar-refractivity contribution in [2.45, 2.75) is 32.6 Å². The lowest BCUT2D eigenvalue weighted by Crippen LogP contribution is -2.26. The van der Waals surface area contributed by atoms with Crippen molar-refractivity contribution in [1.82, 2.24) is 24.9 Å². The van der Waals surface area contributed by atoms with Gasteiger partial charge in [0.1, 0.15) is 5.52 Å². The number of benzene rings is 1. The van der Waals surface area contributed by atoms with E-state index in [9.17, 15) is 0 Å². The van der Waals surface area contributed by atoms with Crippen LogP contribution in [-0.4, -0.2) is 32.7 Å². The molecule has 0 unspecified atom stereocenters. The number of fused-ring (bicyclic) bond motifs is 2. The van der Waals surface area contributed by atoms with E-state index in [1.54, 1.807) is 0 Å². The van der Waals surface area contributed by atoms with Gasteiger partial charge in [-0.3, -0.25) is 0 Å². The summed E-state index contributed by atoms with van der Waals surface area (Å²) in [5.74, 6) is 1.28. The largest absolute Gasteiger partial charge is 0.440 e. The van der Waals surface area contributed by atoms with Crippen LogP contribution in [0, 0.1) is 13.8 Å². The highest BCUT2D eigenvalue weighted by Gasteiger charge is 2.21. The van der Waals surface area contributed by atoms with Crippen LogP contribution in [0.2, 0.25) is 0 Å². The fourth-order valence-corrected chi connectivity index (χ4v) is 3.73. The average Bonchev–Trinajstić information content (AvgIpc) is 3.24. The fraction of sp³-hybridized carbons (Fsp3) is 0.350. The molecule has 1 saturated heterocycles. The molecule has 5 rings (SSSR count). The lowest BCUT2D eigenvalue weighted by Gasteiger charge is -2.19. The van der Waals surface area contributed by atoms with E-state index in [2.05, 4.69) is 29.4 Å². The van der Waals surface area contributed by atoms with Crippen LogP contribution in [0.4, 0.5) is 0 Å². The molecule has 1 fully saturated rings. The molecule has 0 saturated carbocycles. The molecule has 0 bridgehead atoms. The monoisotopic (exact) mass is 347 g/mol. The average molecular weight is 347 g/mol. The summed E-state index contributed by atoms with van der Waals surface area (Å²) in [4.78, 5) is 9.23. The second kappa shape index (κ2) is 5.92. The Morgan fingerprint density at radius 3 is 2.81 bits per heavy atom. The first kappa shape index (κ1) is 15.5. The third-order valence-corrected chi connectivity index (χ3v) is 5.12. The van der Waals surface area contributed by atoms with Gasteiger partial charge in [0.2, 0.25) is 0 Å². The zero-order chi connectivity index (χ0) is 17.7. The molecule has 0 radical (unpaired) electrons. The van der Waals surface area contributed by atoms with Gasteiger partial charge in [-0.2, -0.15) is 5.10 Å². The molecule has 0 amide bonds. The van der Waals surface area contributed by atoms with Crippen molar-refractivity contribution in [3.05, 3.63) is 47.6 Å². The van der Waals surface area contributed by atoms with Crippen molar-refractivity contribution in [2.75, 3.05) is 13.1 Å². The molecule has 132 valence electrons. The Bertz CT molecular complexity index is 1100. The molecule has 0 spiro atoms. The zero-order valence-corrected chi connectivity index (χ0v) is 15.0. The molecular formula is C20H21N5O. The van der Waals surface area contributed by atoms with E-state index in [1.807, 2.05) is 29.8 Å². The molecular weight excluding hydrogens is 326 g/mol. The first-order chi connectivity index (χ1) is 12.7. The smallest absolute Gasteiger partial charge is 0.198 e. The summed E-state index contributed by atoms with van der Waals surface area (Å²) in [6.45, 7) is 6.11. The number of nitrogens with zero attached hydrogens (tertiary/aromatic N) is 4. The number of aromatic nitrogens is 4. The summed E-state index contributed by atoms with van der Waals surface area (Å²) < 4.78 is 7.96. The number of oxazole rings is 1. The van der Waals surface area contributed by atoms with Crippen molar-refractivity contribution < 1.29 is 4.42 Å². The highest BCUT2D eigenvalue weighted by Crippen LogP contribution is 2.30. The summed E-state index contributed by atoms with van der Waals surface area (Å²) in [7, 11) is 0. The fourth-order valence-electron chi connectivity index (χ4n) is 3.73. The van der Waals surface area contributed by atoms with Gasteiger partial charge in [0, 0.05) is 11.5 Å². The number of imidazole rings is 1. The van der Waals surface area contributed by atoms with E-state index in [0.29, 0.717) is 5.92 Å². The second-order valence-electron chi connectivity index (χ2n) is 7.12. The Morgan fingerprint density at radius 1 is 1.12 bits per heavy atom. The van der Waals surface area contributed by atoms with Crippen LogP contribution in [0.25, 0.3) is 28.0 Å². The summed E-state index contributed by atoms with van der Waals surface area (Å²) >= 11 is 0. The lowest BCUT2D eigenvalue weighted by molar-refractivity contribution is 0.385. The molecule has 1 aromatic carbocycles. The van der Waals surface area contributed by atoms with Gasteiger partial charge in [-0.15, -0.1) is 0 Å². The van der Waals surface area contributed by atoms with Gasteiger partial charge in [0.05, 0.1) is 17.6 Å². The summed E-state index contributed by atoms with van der Waals surface area (Å²) in [6.07, 6.45) is 4.11. The van der Waals surface area contributed by atoms with Gasteiger partial charge in [-0.25, -0.2) is 14.5 Å². The van der Waals surface area contributed by atoms with E-state index in [1.165, 1.54) is 0 Å². The minimum atomic E-state index is 0.415. The molecule has 3 aromatic heterocycles. The molecule has 6 nitrogen and oxygen atoms in total. The predicted molar refractivity (Wildman–Crippen MR) is 100 cm³/mol. The van der Waals surface area contributed by atoms with E-state index >= 15 is 0 Å². The molecule has 4 heterocycles. The molecule has 1 N–H and O–H groups in total. The maximum absolute atomic E-state index is 6.11. The van der Waals surface area contributed by atoms with Crippen molar-refractivity contribution in [1.29, 1.82) is 0 Å². The Labute approximate surface area is 151 Å². The van der Waals surface area contributed by atoms with Crippen LogP contribution < -0.4 is 5.32 Å². The number of nitrogens with one attached hydrogen (secondary N) is 1. The highest BCUT2D eigenvalue weighted by atomic mass is 16.3. The molecule has 4 aromatic rings. The van der Waals surface area contributed by atoms with Gasteiger partial charge in [-0.1, -0.05) is 6.07 Å². The number of piperidine rings is 1. The van der Waals surface area contributed by atoms with Crippen molar-refractivity contribution in [2.24, 2.45) is 0 Å². The van der Waals surface area contributed by atoms with Crippen LogP contribution in [0.1, 0.15) is 35.9 Å².